The maximum Gasteiger partial charge on any atom is 0.338 e. The minimum Gasteiger partial charge on any atom is -0.490 e. The Balaban J connectivity index is 1.60. The van der Waals surface area contributed by atoms with Gasteiger partial charge < -0.3 is 19.1 Å². The fraction of sp³-hybridized carbons (Fsp3) is 0.348. The smallest absolute Gasteiger partial charge is 0.338 e. The number of carbonyl (C=O) groups is 3. The zero-order valence-electron chi connectivity index (χ0n) is 17.2. The number of ether oxygens (including phenoxy) is 3. The Morgan fingerprint density at radius 2 is 1.60 bits per heavy atom. The van der Waals surface area contributed by atoms with Crippen LogP contribution in [0.1, 0.15) is 47.4 Å². The first-order chi connectivity index (χ1) is 14.5. The van der Waals surface area contributed by atoms with Crippen LogP contribution in [0.25, 0.3) is 0 Å². The van der Waals surface area contributed by atoms with Crippen molar-refractivity contribution < 1.29 is 28.6 Å². The van der Waals surface area contributed by atoms with Crippen molar-refractivity contribution in [1.82, 2.24) is 0 Å². The molecule has 0 unspecified atom stereocenters. The van der Waals surface area contributed by atoms with Crippen LogP contribution in [0.3, 0.4) is 0 Å². The molecule has 0 radical (unpaired) electrons. The SMILES string of the molecule is CCOc1ccc(C(=O)OCC(=O)c2ccc(N3CCCC3=O)cc2)cc1OCC. The van der Waals surface area contributed by atoms with Crippen LogP contribution in [0.2, 0.25) is 0 Å². The normalized spacial score (nSPS) is 13.3. The predicted molar refractivity (Wildman–Crippen MR) is 111 cm³/mol. The van der Waals surface area contributed by atoms with Crippen LogP contribution < -0.4 is 14.4 Å². The molecule has 0 atom stereocenters. The van der Waals surface area contributed by atoms with Crippen molar-refractivity contribution in [2.45, 2.75) is 26.7 Å². The van der Waals surface area contributed by atoms with Gasteiger partial charge in [-0.3, -0.25) is 9.59 Å². The first-order valence-electron chi connectivity index (χ1n) is 10.0. The molecule has 7 nitrogen and oxygen atoms in total. The maximum absolute atomic E-state index is 12.4. The lowest BCUT2D eigenvalue weighted by Crippen LogP contribution is -2.23. The second kappa shape index (κ2) is 9.91. The standard InChI is InChI=1S/C23H25NO6/c1-3-28-20-12-9-17(14-21(20)29-4-2)23(27)30-15-19(25)16-7-10-18(11-8-16)24-13-5-6-22(24)26/h7-12,14H,3-6,13,15H2,1-2H3. The summed E-state index contributed by atoms with van der Waals surface area (Å²) in [6.07, 6.45) is 1.39. The van der Waals surface area contributed by atoms with Crippen molar-refractivity contribution in [1.29, 1.82) is 0 Å². The third-order valence-electron chi connectivity index (χ3n) is 4.69. The first kappa shape index (κ1) is 21.4. The average molecular weight is 411 g/mol. The highest BCUT2D eigenvalue weighted by Crippen LogP contribution is 2.29. The minimum atomic E-state index is -0.619. The number of rotatable bonds is 9. The van der Waals surface area contributed by atoms with Gasteiger partial charge in [-0.1, -0.05) is 0 Å². The van der Waals surface area contributed by atoms with Gasteiger partial charge in [-0.15, -0.1) is 0 Å². The molecule has 0 saturated carbocycles. The first-order valence-corrected chi connectivity index (χ1v) is 10.0. The monoisotopic (exact) mass is 411 g/mol. The van der Waals surface area contributed by atoms with Crippen molar-refractivity contribution in [3.63, 3.8) is 0 Å². The Kier molecular flexibility index (Phi) is 7.06. The number of amides is 1. The van der Waals surface area contributed by atoms with E-state index in [4.69, 9.17) is 14.2 Å². The Morgan fingerprint density at radius 3 is 2.23 bits per heavy atom. The molecule has 1 fully saturated rings. The fourth-order valence-electron chi connectivity index (χ4n) is 3.22. The molecule has 2 aromatic carbocycles. The van der Waals surface area contributed by atoms with Crippen LogP contribution in [0.15, 0.2) is 42.5 Å². The number of carbonyl (C=O) groups excluding carboxylic acids is 3. The van der Waals surface area contributed by atoms with Gasteiger partial charge >= 0.3 is 5.97 Å². The van der Waals surface area contributed by atoms with E-state index in [9.17, 15) is 14.4 Å². The summed E-state index contributed by atoms with van der Waals surface area (Å²) in [6, 6.07) is 11.5. The van der Waals surface area contributed by atoms with Crippen molar-refractivity contribution >= 4 is 23.3 Å². The highest BCUT2D eigenvalue weighted by Gasteiger charge is 2.22. The topological polar surface area (TPSA) is 82.1 Å². The molecule has 0 spiro atoms. The lowest BCUT2D eigenvalue weighted by molar-refractivity contribution is -0.117. The molecule has 30 heavy (non-hydrogen) atoms. The molecular formula is C23H25NO6. The summed E-state index contributed by atoms with van der Waals surface area (Å²) in [5, 5.41) is 0. The Morgan fingerprint density at radius 1 is 0.933 bits per heavy atom. The van der Waals surface area contributed by atoms with Gasteiger partial charge in [0.05, 0.1) is 18.8 Å². The molecule has 7 heteroatoms. The van der Waals surface area contributed by atoms with Gasteiger partial charge in [-0.25, -0.2) is 4.79 Å². The van der Waals surface area contributed by atoms with Crippen LogP contribution in [-0.4, -0.2) is 44.0 Å². The third-order valence-corrected chi connectivity index (χ3v) is 4.69. The Bertz CT molecular complexity index is 922. The van der Waals surface area contributed by atoms with Gasteiger partial charge in [-0.05, 0) is 62.7 Å². The predicted octanol–water partition coefficient (Wildman–Crippen LogP) is 3.65. The fourth-order valence-corrected chi connectivity index (χ4v) is 3.22. The van der Waals surface area contributed by atoms with E-state index in [-0.39, 0.29) is 23.9 Å². The molecule has 0 N–H and O–H groups in total. The number of anilines is 1. The lowest BCUT2D eigenvalue weighted by Gasteiger charge is -2.15. The van der Waals surface area contributed by atoms with E-state index < -0.39 is 5.97 Å². The molecular weight excluding hydrogens is 386 g/mol. The summed E-state index contributed by atoms with van der Waals surface area (Å²) in [6.45, 7) is 4.91. The molecule has 1 amide bonds. The van der Waals surface area contributed by atoms with Gasteiger partial charge in [0, 0.05) is 24.2 Å². The van der Waals surface area contributed by atoms with Crippen molar-refractivity contribution in [3.05, 3.63) is 53.6 Å². The summed E-state index contributed by atoms with van der Waals surface area (Å²) in [7, 11) is 0. The molecule has 1 aliphatic rings. The number of hydrogen-bond donors (Lipinski definition) is 0. The number of hydrogen-bond acceptors (Lipinski definition) is 6. The van der Waals surface area contributed by atoms with E-state index in [1.807, 2.05) is 13.8 Å². The summed E-state index contributed by atoms with van der Waals surface area (Å²) in [5.74, 6) is 0.144. The second-order valence-corrected chi connectivity index (χ2v) is 6.72. The Hall–Kier alpha value is -3.35. The summed E-state index contributed by atoms with van der Waals surface area (Å²) in [5.41, 5.74) is 1.46. The molecule has 3 rings (SSSR count). The van der Waals surface area contributed by atoms with Crippen LogP contribution in [0.5, 0.6) is 11.5 Å². The number of esters is 1. The molecule has 1 aliphatic heterocycles. The highest BCUT2D eigenvalue weighted by atomic mass is 16.5. The van der Waals surface area contributed by atoms with Gasteiger partial charge in [-0.2, -0.15) is 0 Å². The van der Waals surface area contributed by atoms with E-state index >= 15 is 0 Å². The molecule has 0 aromatic heterocycles. The maximum atomic E-state index is 12.4. The largest absolute Gasteiger partial charge is 0.490 e. The molecule has 1 saturated heterocycles. The molecule has 2 aromatic rings. The molecule has 1 heterocycles. The average Bonchev–Trinajstić information content (AvgIpc) is 3.19. The minimum absolute atomic E-state index is 0.0878. The zero-order chi connectivity index (χ0) is 21.5. The van der Waals surface area contributed by atoms with Gasteiger partial charge in [0.1, 0.15) is 0 Å². The van der Waals surface area contributed by atoms with Crippen LogP contribution in [0, 0.1) is 0 Å². The van der Waals surface area contributed by atoms with E-state index in [0.717, 1.165) is 12.1 Å². The van der Waals surface area contributed by atoms with Crippen LogP contribution >= 0.6 is 0 Å². The van der Waals surface area contributed by atoms with Crippen molar-refractivity contribution in [2.24, 2.45) is 0 Å². The molecule has 0 aliphatic carbocycles. The summed E-state index contributed by atoms with van der Waals surface area (Å²) < 4.78 is 16.2. The molecule has 0 bridgehead atoms. The zero-order valence-corrected chi connectivity index (χ0v) is 17.2. The third kappa shape index (κ3) is 4.97. The van der Waals surface area contributed by atoms with Gasteiger partial charge in [0.2, 0.25) is 5.91 Å². The van der Waals surface area contributed by atoms with Gasteiger partial charge in [0.25, 0.3) is 0 Å². The van der Waals surface area contributed by atoms with E-state index in [2.05, 4.69) is 0 Å². The molecule has 158 valence electrons. The van der Waals surface area contributed by atoms with E-state index in [1.165, 1.54) is 0 Å². The summed E-state index contributed by atoms with van der Waals surface area (Å²) in [4.78, 5) is 38.3. The lowest BCUT2D eigenvalue weighted by atomic mass is 10.1. The highest BCUT2D eigenvalue weighted by molar-refractivity contribution is 6.00. The Labute approximate surface area is 175 Å². The van der Waals surface area contributed by atoms with E-state index in [0.29, 0.717) is 43.2 Å². The second-order valence-electron chi connectivity index (χ2n) is 6.72. The van der Waals surface area contributed by atoms with Crippen molar-refractivity contribution in [3.8, 4) is 11.5 Å². The quantitative estimate of drug-likeness (QED) is 0.463. The van der Waals surface area contributed by atoms with Gasteiger partial charge in [0.15, 0.2) is 23.9 Å². The summed E-state index contributed by atoms with van der Waals surface area (Å²) >= 11 is 0. The van der Waals surface area contributed by atoms with Crippen LogP contribution in [-0.2, 0) is 9.53 Å². The number of ketones is 1. The van der Waals surface area contributed by atoms with Crippen molar-refractivity contribution in [2.75, 3.05) is 31.3 Å². The number of benzene rings is 2. The van der Waals surface area contributed by atoms with Crippen LogP contribution in [0.4, 0.5) is 5.69 Å². The van der Waals surface area contributed by atoms with E-state index in [1.54, 1.807) is 47.4 Å². The number of Topliss-reactive ketones (excluding diaryl/α,β-unsaturated/α-hetero) is 1. The number of nitrogens with zero attached hydrogens (tertiary/aromatic N) is 1.